The van der Waals surface area contributed by atoms with Crippen molar-refractivity contribution in [1.82, 2.24) is 4.90 Å². The Morgan fingerprint density at radius 3 is 2.73 bits per heavy atom. The molecule has 7 heteroatoms. The van der Waals surface area contributed by atoms with E-state index in [0.717, 1.165) is 12.0 Å². The van der Waals surface area contributed by atoms with Crippen LogP contribution in [0.25, 0.3) is 0 Å². The number of carbonyl (C=O) groups is 1. The zero-order valence-electron chi connectivity index (χ0n) is 13.0. The summed E-state index contributed by atoms with van der Waals surface area (Å²) >= 11 is -1.84. The van der Waals surface area contributed by atoms with Crippen molar-refractivity contribution in [2.75, 3.05) is 13.1 Å². The molecular weight excluding hydrogens is 307 g/mol. The highest BCUT2D eigenvalue weighted by molar-refractivity contribution is 7.89. The second-order valence-electron chi connectivity index (χ2n) is 6.40. The SMILES string of the molecule is CC(C)(C)OC(=O)N1CCC(c2ccc([S+](N)[O-])c(F)c2)C1. The second-order valence-corrected chi connectivity index (χ2v) is 7.43. The maximum absolute atomic E-state index is 13.9. The van der Waals surface area contributed by atoms with E-state index in [0.29, 0.717) is 13.1 Å². The first kappa shape index (κ1) is 17.1. The Hall–Kier alpha value is -1.31. The van der Waals surface area contributed by atoms with Gasteiger partial charge in [-0.15, -0.1) is 5.14 Å². The summed E-state index contributed by atoms with van der Waals surface area (Å²) in [5.41, 5.74) is 0.242. The van der Waals surface area contributed by atoms with Crippen LogP contribution in [-0.4, -0.2) is 34.2 Å². The number of benzene rings is 1. The number of likely N-dealkylation sites (tertiary alicyclic amines) is 1. The molecule has 1 fully saturated rings. The summed E-state index contributed by atoms with van der Waals surface area (Å²) in [7, 11) is 0. The summed E-state index contributed by atoms with van der Waals surface area (Å²) in [4.78, 5) is 13.6. The van der Waals surface area contributed by atoms with Crippen LogP contribution in [0.4, 0.5) is 9.18 Å². The third kappa shape index (κ3) is 4.12. The predicted molar refractivity (Wildman–Crippen MR) is 82.2 cm³/mol. The van der Waals surface area contributed by atoms with Crippen LogP contribution in [0.1, 0.15) is 38.7 Å². The fraction of sp³-hybridized carbons (Fsp3) is 0.533. The van der Waals surface area contributed by atoms with Gasteiger partial charge in [0.05, 0.1) is 11.4 Å². The van der Waals surface area contributed by atoms with Crippen LogP contribution >= 0.6 is 0 Å². The lowest BCUT2D eigenvalue weighted by molar-refractivity contribution is 0.0292. The highest BCUT2D eigenvalue weighted by Gasteiger charge is 2.31. The predicted octanol–water partition coefficient (Wildman–Crippen LogP) is 2.53. The van der Waals surface area contributed by atoms with E-state index in [-0.39, 0.29) is 16.9 Å². The molecule has 1 aromatic carbocycles. The number of nitrogens with zero attached hydrogens (tertiary/aromatic N) is 1. The molecule has 1 heterocycles. The summed E-state index contributed by atoms with van der Waals surface area (Å²) in [5, 5.41) is 5.20. The number of nitrogens with two attached hydrogens (primary N) is 1. The summed E-state index contributed by atoms with van der Waals surface area (Å²) in [6, 6.07) is 4.51. The Kier molecular flexibility index (Phi) is 4.99. The summed E-state index contributed by atoms with van der Waals surface area (Å²) in [6.07, 6.45) is 0.388. The molecule has 1 amide bonds. The van der Waals surface area contributed by atoms with Gasteiger partial charge in [-0.05, 0) is 44.9 Å². The molecule has 1 aromatic rings. The third-order valence-corrected chi connectivity index (χ3v) is 4.25. The molecule has 1 saturated heterocycles. The van der Waals surface area contributed by atoms with Gasteiger partial charge in [-0.3, -0.25) is 0 Å². The number of ether oxygens (including phenoxy) is 1. The second kappa shape index (κ2) is 6.44. The Labute approximate surface area is 132 Å². The molecule has 0 saturated carbocycles. The van der Waals surface area contributed by atoms with E-state index >= 15 is 0 Å². The molecule has 0 aromatic heterocycles. The van der Waals surface area contributed by atoms with Crippen LogP contribution < -0.4 is 5.14 Å². The number of amides is 1. The van der Waals surface area contributed by atoms with Crippen molar-refractivity contribution >= 4 is 17.5 Å². The van der Waals surface area contributed by atoms with Gasteiger partial charge in [0, 0.05) is 19.0 Å². The van der Waals surface area contributed by atoms with Crippen LogP contribution in [0.15, 0.2) is 23.1 Å². The van der Waals surface area contributed by atoms with E-state index in [1.54, 1.807) is 11.0 Å². The van der Waals surface area contributed by atoms with Crippen LogP contribution in [0.2, 0.25) is 0 Å². The quantitative estimate of drug-likeness (QED) is 0.846. The molecular formula is C15H21FN2O3S. The van der Waals surface area contributed by atoms with E-state index in [2.05, 4.69) is 0 Å². The van der Waals surface area contributed by atoms with Crippen molar-refractivity contribution < 1.29 is 18.5 Å². The van der Waals surface area contributed by atoms with Gasteiger partial charge in [0.25, 0.3) is 0 Å². The van der Waals surface area contributed by atoms with Crippen molar-refractivity contribution in [3.8, 4) is 0 Å². The molecule has 122 valence electrons. The number of hydrogen-bond donors (Lipinski definition) is 1. The molecule has 2 N–H and O–H groups in total. The van der Waals surface area contributed by atoms with E-state index in [1.165, 1.54) is 12.1 Å². The first-order valence-corrected chi connectivity index (χ1v) is 8.32. The Bertz CT molecular complexity index is 560. The van der Waals surface area contributed by atoms with E-state index < -0.39 is 22.8 Å². The van der Waals surface area contributed by atoms with Gasteiger partial charge >= 0.3 is 6.09 Å². The van der Waals surface area contributed by atoms with Crippen molar-refractivity contribution in [2.45, 2.75) is 43.6 Å². The minimum atomic E-state index is -1.84. The van der Waals surface area contributed by atoms with Gasteiger partial charge in [-0.1, -0.05) is 6.07 Å². The average molecular weight is 328 g/mol. The Balaban J connectivity index is 2.04. The summed E-state index contributed by atoms with van der Waals surface area (Å²) < 4.78 is 30.3. The van der Waals surface area contributed by atoms with Crippen LogP contribution in [-0.2, 0) is 16.1 Å². The van der Waals surface area contributed by atoms with Gasteiger partial charge in [0.1, 0.15) is 5.60 Å². The van der Waals surface area contributed by atoms with E-state index in [9.17, 15) is 13.7 Å². The lowest BCUT2D eigenvalue weighted by Gasteiger charge is -2.24. The van der Waals surface area contributed by atoms with Crippen molar-refractivity contribution in [3.63, 3.8) is 0 Å². The van der Waals surface area contributed by atoms with Crippen LogP contribution in [0.5, 0.6) is 0 Å². The van der Waals surface area contributed by atoms with E-state index in [4.69, 9.17) is 9.88 Å². The molecule has 2 rings (SSSR count). The maximum atomic E-state index is 13.9. The fourth-order valence-electron chi connectivity index (χ4n) is 2.46. The highest BCUT2D eigenvalue weighted by Crippen LogP contribution is 2.29. The van der Waals surface area contributed by atoms with E-state index in [1.807, 2.05) is 20.8 Å². The monoisotopic (exact) mass is 328 g/mol. The van der Waals surface area contributed by atoms with Gasteiger partial charge in [0.15, 0.2) is 5.82 Å². The van der Waals surface area contributed by atoms with Crippen molar-refractivity contribution in [2.24, 2.45) is 5.14 Å². The van der Waals surface area contributed by atoms with Crippen molar-refractivity contribution in [3.05, 3.63) is 29.6 Å². The minimum Gasteiger partial charge on any atom is -0.593 e. The standard InChI is InChI=1S/C15H21FN2O3S/c1-15(2,3)21-14(19)18-7-6-11(9-18)10-4-5-13(22(17)20)12(16)8-10/h4-5,8,11H,6-7,9,17H2,1-3H3. The fourth-order valence-corrected chi connectivity index (χ4v) is 2.91. The lowest BCUT2D eigenvalue weighted by Crippen LogP contribution is -2.35. The summed E-state index contributed by atoms with van der Waals surface area (Å²) in [5.74, 6) is -0.531. The molecule has 1 aliphatic rings. The molecule has 0 spiro atoms. The first-order valence-electron chi connectivity index (χ1n) is 7.11. The van der Waals surface area contributed by atoms with Crippen LogP contribution in [0, 0.1) is 5.82 Å². The molecule has 1 aliphatic heterocycles. The molecule has 2 unspecified atom stereocenters. The highest BCUT2D eigenvalue weighted by atomic mass is 32.2. The number of halogens is 1. The van der Waals surface area contributed by atoms with Gasteiger partial charge in [-0.25, -0.2) is 9.18 Å². The van der Waals surface area contributed by atoms with Crippen LogP contribution in [0.3, 0.4) is 0 Å². The molecule has 22 heavy (non-hydrogen) atoms. The number of hydrogen-bond acceptors (Lipinski definition) is 4. The Morgan fingerprint density at radius 2 is 2.18 bits per heavy atom. The minimum absolute atomic E-state index is 0.00857. The largest absolute Gasteiger partial charge is 0.593 e. The molecule has 0 aliphatic carbocycles. The number of carbonyl (C=O) groups excluding carboxylic acids is 1. The third-order valence-electron chi connectivity index (χ3n) is 3.48. The average Bonchev–Trinajstić information content (AvgIpc) is 2.85. The summed E-state index contributed by atoms with van der Waals surface area (Å²) in [6.45, 7) is 6.52. The molecule has 2 atom stereocenters. The van der Waals surface area contributed by atoms with Gasteiger partial charge in [-0.2, -0.15) is 0 Å². The Morgan fingerprint density at radius 1 is 1.50 bits per heavy atom. The number of rotatable bonds is 2. The van der Waals surface area contributed by atoms with Gasteiger partial charge in [0.2, 0.25) is 4.90 Å². The topological polar surface area (TPSA) is 78.6 Å². The maximum Gasteiger partial charge on any atom is 0.410 e. The molecule has 0 bridgehead atoms. The molecule has 5 nitrogen and oxygen atoms in total. The molecule has 0 radical (unpaired) electrons. The normalized spacial score (nSPS) is 20.1. The smallest absolute Gasteiger partial charge is 0.410 e. The lowest BCUT2D eigenvalue weighted by atomic mass is 9.98. The first-order chi connectivity index (χ1) is 10.2. The van der Waals surface area contributed by atoms with Gasteiger partial charge < -0.3 is 14.2 Å². The zero-order valence-corrected chi connectivity index (χ0v) is 13.8. The zero-order chi connectivity index (χ0) is 16.5. The van der Waals surface area contributed by atoms with Crippen molar-refractivity contribution in [1.29, 1.82) is 0 Å².